The molecule has 2 heterocycles. The van der Waals surface area contributed by atoms with E-state index in [2.05, 4.69) is 222 Å². The molecule has 2 aromatic heterocycles. The van der Waals surface area contributed by atoms with Crippen molar-refractivity contribution in [2.75, 3.05) is 9.80 Å². The summed E-state index contributed by atoms with van der Waals surface area (Å²) in [4.78, 5) is 9.40. The van der Waals surface area contributed by atoms with Crippen molar-refractivity contribution in [1.29, 1.82) is 0 Å². The first kappa shape index (κ1) is 36.9. The second kappa shape index (κ2) is 15.5. The second-order valence-corrected chi connectivity index (χ2v) is 15.8. The summed E-state index contributed by atoms with van der Waals surface area (Å²) in [6.07, 6.45) is 0. The highest BCUT2D eigenvalue weighted by atomic mass is 16.3. The lowest BCUT2D eigenvalue weighted by Crippen LogP contribution is -2.09. The Bertz CT molecular complexity index is 3100. The normalized spacial score (nSPS) is 11.4. The van der Waals surface area contributed by atoms with Crippen LogP contribution in [0.15, 0.2) is 223 Å². The Hall–Kier alpha value is -8.15. The second-order valence-electron chi connectivity index (χ2n) is 15.8. The number of para-hydroxylation sites is 6. The van der Waals surface area contributed by atoms with E-state index in [-0.39, 0.29) is 0 Å². The van der Waals surface area contributed by atoms with Crippen molar-refractivity contribution in [2.24, 2.45) is 0 Å². The van der Waals surface area contributed by atoms with Crippen LogP contribution in [0, 0.1) is 13.8 Å². The minimum atomic E-state index is 0.630. The van der Waals surface area contributed by atoms with Gasteiger partial charge in [-0.3, -0.25) is 0 Å². The molecule has 11 rings (SSSR count). The van der Waals surface area contributed by atoms with Gasteiger partial charge in [0.1, 0.15) is 5.52 Å². The van der Waals surface area contributed by atoms with E-state index in [1.165, 1.54) is 27.5 Å². The number of fused-ring (bicyclic) bond motifs is 4. The molecule has 5 nitrogen and oxygen atoms in total. The van der Waals surface area contributed by atoms with E-state index in [1.54, 1.807) is 0 Å². The minimum absolute atomic E-state index is 0.630. The van der Waals surface area contributed by atoms with Gasteiger partial charge in [-0.1, -0.05) is 97.1 Å². The van der Waals surface area contributed by atoms with Crippen LogP contribution in [0.4, 0.5) is 34.1 Å². The maximum atomic E-state index is 6.08. The first-order valence-corrected chi connectivity index (χ1v) is 21.0. The Morgan fingerprint density at radius 1 is 0.403 bits per heavy atom. The van der Waals surface area contributed by atoms with Crippen LogP contribution in [0.2, 0.25) is 0 Å². The van der Waals surface area contributed by atoms with Crippen molar-refractivity contribution in [3.05, 3.63) is 230 Å². The molecule has 0 aliphatic carbocycles. The summed E-state index contributed by atoms with van der Waals surface area (Å²) < 4.78 is 8.53. The number of benzene rings is 9. The SMILES string of the molecule is Cc1cc(-n2c3ccc(N(c4ccccc4)c4ccccc4)cc3c3cc(N(c4ccccc4)c4ccccc4)ccc32)c(C)cc1-c1ccc(-c2nc3ccccc3o2)cc1. The van der Waals surface area contributed by atoms with Crippen LogP contribution in [0.25, 0.3) is 61.2 Å². The molecule has 11 aromatic rings. The lowest BCUT2D eigenvalue weighted by Gasteiger charge is -2.26. The molecule has 9 aromatic carbocycles. The van der Waals surface area contributed by atoms with Crippen LogP contribution in [0.1, 0.15) is 11.1 Å². The van der Waals surface area contributed by atoms with E-state index in [0.717, 1.165) is 73.1 Å². The van der Waals surface area contributed by atoms with Crippen LogP contribution in [0.5, 0.6) is 0 Å². The predicted octanol–water partition coefficient (Wildman–Crippen LogP) is 15.8. The summed E-state index contributed by atoms with van der Waals surface area (Å²) in [6.45, 7) is 4.44. The molecule has 296 valence electrons. The molecule has 0 aliphatic rings. The molecule has 0 unspecified atom stereocenters. The number of nitrogens with zero attached hydrogens (tertiary/aromatic N) is 4. The Balaban J connectivity index is 1.08. The summed E-state index contributed by atoms with van der Waals surface area (Å²) in [5, 5.41) is 2.35. The molecule has 0 aliphatic heterocycles. The summed E-state index contributed by atoms with van der Waals surface area (Å²) in [5.74, 6) is 0.630. The molecule has 0 N–H and O–H groups in total. The number of aromatic nitrogens is 2. The van der Waals surface area contributed by atoms with Gasteiger partial charge in [-0.05, 0) is 157 Å². The molecule has 0 radical (unpaired) electrons. The van der Waals surface area contributed by atoms with Gasteiger partial charge in [-0.25, -0.2) is 4.98 Å². The third-order valence-electron chi connectivity index (χ3n) is 11.8. The lowest BCUT2D eigenvalue weighted by atomic mass is 9.96. The smallest absolute Gasteiger partial charge is 0.227 e. The van der Waals surface area contributed by atoms with Crippen LogP contribution in [-0.4, -0.2) is 9.55 Å². The highest BCUT2D eigenvalue weighted by Crippen LogP contribution is 2.43. The van der Waals surface area contributed by atoms with Gasteiger partial charge in [-0.2, -0.15) is 0 Å². The zero-order valence-corrected chi connectivity index (χ0v) is 34.5. The number of aryl methyl sites for hydroxylation is 2. The minimum Gasteiger partial charge on any atom is -0.436 e. The van der Waals surface area contributed by atoms with Gasteiger partial charge in [0.05, 0.1) is 11.0 Å². The quantitative estimate of drug-likeness (QED) is 0.146. The fraction of sp³-hybridized carbons (Fsp3) is 0.0351. The average molecular weight is 799 g/mol. The van der Waals surface area contributed by atoms with E-state index < -0.39 is 0 Å². The van der Waals surface area contributed by atoms with Gasteiger partial charge in [0.15, 0.2) is 5.58 Å². The van der Waals surface area contributed by atoms with Crippen LogP contribution in [-0.2, 0) is 0 Å². The largest absolute Gasteiger partial charge is 0.436 e. The van der Waals surface area contributed by atoms with E-state index in [0.29, 0.717) is 5.89 Å². The first-order chi connectivity index (χ1) is 30.6. The number of hydrogen-bond acceptors (Lipinski definition) is 4. The first-order valence-electron chi connectivity index (χ1n) is 21.0. The highest BCUT2D eigenvalue weighted by Gasteiger charge is 2.21. The molecule has 0 saturated heterocycles. The van der Waals surface area contributed by atoms with Gasteiger partial charge in [-0.15, -0.1) is 0 Å². The summed E-state index contributed by atoms with van der Waals surface area (Å²) in [5.41, 5.74) is 17.4. The molecule has 0 amide bonds. The third kappa shape index (κ3) is 6.57. The summed E-state index contributed by atoms with van der Waals surface area (Å²) in [7, 11) is 0. The van der Waals surface area contributed by atoms with Crippen molar-refractivity contribution in [2.45, 2.75) is 13.8 Å². The molecule has 5 heteroatoms. The maximum absolute atomic E-state index is 6.08. The van der Waals surface area contributed by atoms with Gasteiger partial charge < -0.3 is 18.8 Å². The number of hydrogen-bond donors (Lipinski definition) is 0. The van der Waals surface area contributed by atoms with Crippen LogP contribution < -0.4 is 9.80 Å². The zero-order valence-electron chi connectivity index (χ0n) is 34.5. The van der Waals surface area contributed by atoms with E-state index in [4.69, 9.17) is 9.40 Å². The Morgan fingerprint density at radius 2 is 0.855 bits per heavy atom. The molecule has 0 saturated carbocycles. The van der Waals surface area contributed by atoms with E-state index in [1.807, 2.05) is 24.3 Å². The topological polar surface area (TPSA) is 37.4 Å². The molecular weight excluding hydrogens is 757 g/mol. The molecular formula is C57H42N4O. The highest BCUT2D eigenvalue weighted by molar-refractivity contribution is 6.12. The molecule has 0 bridgehead atoms. The maximum Gasteiger partial charge on any atom is 0.227 e. The van der Waals surface area contributed by atoms with Gasteiger partial charge in [0.25, 0.3) is 0 Å². The summed E-state index contributed by atoms with van der Waals surface area (Å²) >= 11 is 0. The fourth-order valence-corrected chi connectivity index (χ4v) is 8.88. The standard InChI is InChI=1S/C57H42N4O/c1-39-36-55(40(2)35-49(39)41-27-29-42(30-28-41)57-58-52-25-15-16-26-56(52)62-57)61-53-33-31-47(59(43-17-7-3-8-18-43)44-19-9-4-10-20-44)37-50(53)51-38-48(32-34-54(51)61)60(45-21-11-5-12-22-45)46-23-13-6-14-24-46/h3-38H,1-2H3. The van der Waals surface area contributed by atoms with Crippen LogP contribution in [0.3, 0.4) is 0 Å². The Kier molecular flexibility index (Phi) is 9.20. The van der Waals surface area contributed by atoms with E-state index in [9.17, 15) is 0 Å². The molecule has 0 atom stereocenters. The van der Waals surface area contributed by atoms with Crippen molar-refractivity contribution in [3.63, 3.8) is 0 Å². The number of anilines is 6. The Labute approximate surface area is 361 Å². The van der Waals surface area contributed by atoms with Gasteiger partial charge in [0.2, 0.25) is 5.89 Å². The lowest BCUT2D eigenvalue weighted by molar-refractivity contribution is 0.620. The van der Waals surface area contributed by atoms with Crippen molar-refractivity contribution < 1.29 is 4.42 Å². The van der Waals surface area contributed by atoms with E-state index >= 15 is 0 Å². The van der Waals surface area contributed by atoms with Gasteiger partial charge >= 0.3 is 0 Å². The molecule has 62 heavy (non-hydrogen) atoms. The number of oxazole rings is 1. The monoisotopic (exact) mass is 798 g/mol. The third-order valence-corrected chi connectivity index (χ3v) is 11.8. The zero-order chi connectivity index (χ0) is 41.6. The predicted molar refractivity (Wildman–Crippen MR) is 258 cm³/mol. The van der Waals surface area contributed by atoms with Crippen molar-refractivity contribution >= 4 is 67.0 Å². The fourth-order valence-electron chi connectivity index (χ4n) is 8.88. The Morgan fingerprint density at radius 3 is 1.34 bits per heavy atom. The molecule has 0 fully saturated rings. The average Bonchev–Trinajstić information content (AvgIpc) is 3.91. The number of rotatable bonds is 9. The van der Waals surface area contributed by atoms with Crippen molar-refractivity contribution in [3.8, 4) is 28.3 Å². The molecule has 0 spiro atoms. The van der Waals surface area contributed by atoms with Crippen LogP contribution >= 0.6 is 0 Å². The van der Waals surface area contributed by atoms with Crippen molar-refractivity contribution in [1.82, 2.24) is 9.55 Å². The summed E-state index contributed by atoms with van der Waals surface area (Å²) in [6, 6.07) is 77.4. The van der Waals surface area contributed by atoms with Gasteiger partial charge in [0, 0.05) is 56.1 Å².